The van der Waals surface area contributed by atoms with Crippen molar-refractivity contribution in [1.82, 2.24) is 4.98 Å². The van der Waals surface area contributed by atoms with E-state index in [1.807, 2.05) is 6.07 Å². The van der Waals surface area contributed by atoms with Crippen LogP contribution in [0.3, 0.4) is 0 Å². The van der Waals surface area contributed by atoms with Gasteiger partial charge in [0.25, 0.3) is 0 Å². The van der Waals surface area contributed by atoms with E-state index >= 15 is 0 Å². The maximum Gasteiger partial charge on any atom is 0.129 e. The van der Waals surface area contributed by atoms with E-state index in [9.17, 15) is 0 Å². The van der Waals surface area contributed by atoms with Crippen LogP contribution in [-0.2, 0) is 0 Å². The van der Waals surface area contributed by atoms with Crippen LogP contribution < -0.4 is 5.73 Å². The predicted molar refractivity (Wildman–Crippen MR) is 58.2 cm³/mol. The number of halogens is 2. The lowest BCUT2D eigenvalue weighted by molar-refractivity contribution is 0.737. The molecule has 0 saturated heterocycles. The first-order valence-corrected chi connectivity index (χ1v) is 4.09. The summed E-state index contributed by atoms with van der Waals surface area (Å²) in [7, 11) is 0. The van der Waals surface area contributed by atoms with E-state index in [0.717, 1.165) is 12.0 Å². The molecule has 1 atom stereocenters. The van der Waals surface area contributed by atoms with Crippen LogP contribution in [0.25, 0.3) is 0 Å². The summed E-state index contributed by atoms with van der Waals surface area (Å²) in [6, 6.07) is 3.59. The second kappa shape index (κ2) is 5.97. The first kappa shape index (κ1) is 12.4. The van der Waals surface area contributed by atoms with Gasteiger partial charge in [-0.2, -0.15) is 0 Å². The molecule has 0 fully saturated rings. The Morgan fingerprint density at radius 2 is 2.31 bits per heavy atom. The molecule has 0 aliphatic rings. The minimum atomic E-state index is -0.0210. The highest BCUT2D eigenvalue weighted by Gasteiger charge is 2.02. The molecule has 0 bridgehead atoms. The molecule has 0 aliphatic heterocycles. The van der Waals surface area contributed by atoms with E-state index in [1.54, 1.807) is 18.3 Å². The largest absolute Gasteiger partial charge is 0.324 e. The van der Waals surface area contributed by atoms with Crippen LogP contribution in [0.2, 0.25) is 5.15 Å². The van der Waals surface area contributed by atoms with Crippen molar-refractivity contribution in [1.29, 1.82) is 0 Å². The molecule has 2 N–H and O–H groups in total. The summed E-state index contributed by atoms with van der Waals surface area (Å²) < 4.78 is 0. The van der Waals surface area contributed by atoms with Gasteiger partial charge < -0.3 is 5.73 Å². The molecule has 0 unspecified atom stereocenters. The quantitative estimate of drug-likeness (QED) is 0.627. The van der Waals surface area contributed by atoms with Crippen molar-refractivity contribution in [3.05, 3.63) is 41.7 Å². The first-order chi connectivity index (χ1) is 5.74. The van der Waals surface area contributed by atoms with Crippen LogP contribution in [-0.4, -0.2) is 4.98 Å². The van der Waals surface area contributed by atoms with Gasteiger partial charge in [0.2, 0.25) is 0 Å². The Labute approximate surface area is 89.2 Å². The Bertz CT molecular complexity index is 259. The van der Waals surface area contributed by atoms with E-state index in [0.29, 0.717) is 5.15 Å². The van der Waals surface area contributed by atoms with Crippen molar-refractivity contribution in [3.63, 3.8) is 0 Å². The minimum Gasteiger partial charge on any atom is -0.324 e. The highest BCUT2D eigenvalue weighted by atomic mass is 35.5. The molecule has 13 heavy (non-hydrogen) atoms. The summed E-state index contributed by atoms with van der Waals surface area (Å²) >= 11 is 5.62. The molecule has 1 aromatic rings. The third kappa shape index (κ3) is 3.77. The Morgan fingerprint density at radius 1 is 1.62 bits per heavy atom. The molecule has 0 radical (unpaired) electrons. The number of nitrogens with zero attached hydrogens (tertiary/aromatic N) is 1. The maximum atomic E-state index is 5.80. The van der Waals surface area contributed by atoms with Gasteiger partial charge in [0.05, 0.1) is 0 Å². The van der Waals surface area contributed by atoms with Gasteiger partial charge in [-0.25, -0.2) is 4.98 Å². The van der Waals surface area contributed by atoms with Crippen LogP contribution >= 0.6 is 24.0 Å². The molecule has 0 saturated carbocycles. The van der Waals surface area contributed by atoms with E-state index in [4.69, 9.17) is 17.3 Å². The second-order valence-electron chi connectivity index (χ2n) is 2.55. The molecule has 72 valence electrons. The number of aromatic nitrogens is 1. The minimum absolute atomic E-state index is 0. The normalized spacial score (nSPS) is 11.5. The molecular weight excluding hydrogens is 207 g/mol. The maximum absolute atomic E-state index is 5.80. The Morgan fingerprint density at radius 3 is 2.77 bits per heavy atom. The van der Waals surface area contributed by atoms with Gasteiger partial charge in [-0.3, -0.25) is 0 Å². The van der Waals surface area contributed by atoms with Crippen LogP contribution in [0.15, 0.2) is 31.0 Å². The van der Waals surface area contributed by atoms with E-state index < -0.39 is 0 Å². The van der Waals surface area contributed by atoms with Gasteiger partial charge in [-0.05, 0) is 18.1 Å². The van der Waals surface area contributed by atoms with E-state index in [1.165, 1.54) is 0 Å². The summed E-state index contributed by atoms with van der Waals surface area (Å²) in [5.41, 5.74) is 6.79. The SMILES string of the molecule is C=CC[C@@H](N)c1ccc(Cl)nc1.Cl. The van der Waals surface area contributed by atoms with Gasteiger partial charge in [0.1, 0.15) is 5.15 Å². The molecule has 2 nitrogen and oxygen atoms in total. The molecule has 1 aromatic heterocycles. The van der Waals surface area contributed by atoms with Crippen LogP contribution in [0, 0.1) is 0 Å². The van der Waals surface area contributed by atoms with Gasteiger partial charge in [0.15, 0.2) is 0 Å². The number of nitrogens with two attached hydrogens (primary N) is 1. The highest BCUT2D eigenvalue weighted by molar-refractivity contribution is 6.29. The summed E-state index contributed by atoms with van der Waals surface area (Å²) in [5.74, 6) is 0. The summed E-state index contributed by atoms with van der Waals surface area (Å²) in [5, 5.41) is 0.490. The van der Waals surface area contributed by atoms with Gasteiger partial charge in [-0.1, -0.05) is 23.7 Å². The van der Waals surface area contributed by atoms with Gasteiger partial charge in [0, 0.05) is 12.2 Å². The fraction of sp³-hybridized carbons (Fsp3) is 0.222. The molecule has 1 rings (SSSR count). The zero-order valence-electron chi connectivity index (χ0n) is 7.11. The van der Waals surface area contributed by atoms with Crippen molar-refractivity contribution < 1.29 is 0 Å². The zero-order valence-corrected chi connectivity index (χ0v) is 8.68. The van der Waals surface area contributed by atoms with E-state index in [2.05, 4.69) is 11.6 Å². The fourth-order valence-electron chi connectivity index (χ4n) is 0.922. The summed E-state index contributed by atoms with van der Waals surface area (Å²) in [6.45, 7) is 3.62. The monoisotopic (exact) mass is 218 g/mol. The molecule has 0 amide bonds. The lowest BCUT2D eigenvalue weighted by Crippen LogP contribution is -2.08. The summed E-state index contributed by atoms with van der Waals surface area (Å²) in [4.78, 5) is 3.93. The van der Waals surface area contributed by atoms with Crippen molar-refractivity contribution in [2.24, 2.45) is 5.73 Å². The average Bonchev–Trinajstić information content (AvgIpc) is 2.06. The molecule has 0 aromatic carbocycles. The summed E-state index contributed by atoms with van der Waals surface area (Å²) in [6.07, 6.45) is 4.24. The second-order valence-corrected chi connectivity index (χ2v) is 2.93. The molecular formula is C9H12Cl2N2. The number of hydrogen-bond donors (Lipinski definition) is 1. The standard InChI is InChI=1S/C9H11ClN2.ClH/c1-2-3-8(11)7-4-5-9(10)12-6-7;/h2,4-6,8H,1,3,11H2;1H/t8-;/m1./s1. The highest BCUT2D eigenvalue weighted by Crippen LogP contribution is 2.14. The van der Waals surface area contributed by atoms with E-state index in [-0.39, 0.29) is 18.4 Å². The zero-order chi connectivity index (χ0) is 8.97. The van der Waals surface area contributed by atoms with Crippen molar-refractivity contribution in [2.45, 2.75) is 12.5 Å². The van der Waals surface area contributed by atoms with Crippen LogP contribution in [0.1, 0.15) is 18.0 Å². The number of pyridine rings is 1. The lowest BCUT2D eigenvalue weighted by Gasteiger charge is -2.07. The smallest absolute Gasteiger partial charge is 0.129 e. The predicted octanol–water partition coefficient (Wildman–Crippen LogP) is 2.73. The Hall–Kier alpha value is -0.570. The molecule has 0 spiro atoms. The molecule has 0 aliphatic carbocycles. The Balaban J connectivity index is 0.00000144. The van der Waals surface area contributed by atoms with Crippen molar-refractivity contribution in [3.8, 4) is 0 Å². The van der Waals surface area contributed by atoms with Crippen molar-refractivity contribution in [2.75, 3.05) is 0 Å². The average molecular weight is 219 g/mol. The number of rotatable bonds is 3. The van der Waals surface area contributed by atoms with Gasteiger partial charge in [-0.15, -0.1) is 19.0 Å². The Kier molecular flexibility index (Phi) is 5.71. The van der Waals surface area contributed by atoms with Crippen molar-refractivity contribution >= 4 is 24.0 Å². The third-order valence-corrected chi connectivity index (χ3v) is 1.82. The molecule has 1 heterocycles. The van der Waals surface area contributed by atoms with Crippen LogP contribution in [0.5, 0.6) is 0 Å². The third-order valence-electron chi connectivity index (χ3n) is 1.60. The fourth-order valence-corrected chi connectivity index (χ4v) is 1.03. The first-order valence-electron chi connectivity index (χ1n) is 3.72. The van der Waals surface area contributed by atoms with Crippen LogP contribution in [0.4, 0.5) is 0 Å². The lowest BCUT2D eigenvalue weighted by atomic mass is 10.1. The van der Waals surface area contributed by atoms with Gasteiger partial charge >= 0.3 is 0 Å². The number of hydrogen-bond acceptors (Lipinski definition) is 2. The molecule has 4 heteroatoms. The topological polar surface area (TPSA) is 38.9 Å².